The molecule has 1 amide bonds. The van der Waals surface area contributed by atoms with Crippen LogP contribution >= 0.6 is 22.9 Å². The van der Waals surface area contributed by atoms with Crippen molar-refractivity contribution < 1.29 is 22.7 Å². The molecule has 0 spiro atoms. The van der Waals surface area contributed by atoms with Crippen molar-refractivity contribution in [2.45, 2.75) is 6.36 Å². The van der Waals surface area contributed by atoms with Crippen molar-refractivity contribution in [2.75, 3.05) is 5.32 Å². The van der Waals surface area contributed by atoms with E-state index in [4.69, 9.17) is 11.6 Å². The summed E-state index contributed by atoms with van der Waals surface area (Å²) in [5.41, 5.74) is 3.40. The van der Waals surface area contributed by atoms with Crippen molar-refractivity contribution in [3.8, 4) is 27.6 Å². The molecule has 1 N–H and O–H groups in total. The van der Waals surface area contributed by atoms with E-state index in [0.717, 1.165) is 34.0 Å². The summed E-state index contributed by atoms with van der Waals surface area (Å²) in [4.78, 5) is 17.1. The number of alkyl halides is 3. The van der Waals surface area contributed by atoms with Gasteiger partial charge in [-0.05, 0) is 48.5 Å². The van der Waals surface area contributed by atoms with Gasteiger partial charge in [-0.3, -0.25) is 4.79 Å². The van der Waals surface area contributed by atoms with Crippen LogP contribution in [0.25, 0.3) is 21.8 Å². The van der Waals surface area contributed by atoms with Crippen molar-refractivity contribution in [3.63, 3.8) is 0 Å². The Morgan fingerprint density at radius 3 is 2.16 bits per heavy atom. The minimum Gasteiger partial charge on any atom is -0.406 e. The van der Waals surface area contributed by atoms with Crippen LogP contribution < -0.4 is 10.1 Å². The highest BCUT2D eigenvalue weighted by molar-refractivity contribution is 7.13. The number of carbonyl (C=O) groups excluding carboxylic acids is 1. The second-order valence-corrected chi connectivity index (χ2v) is 7.94. The molecule has 0 unspecified atom stereocenters. The number of thiazole rings is 1. The number of anilines is 1. The number of benzene rings is 3. The fourth-order valence-electron chi connectivity index (χ4n) is 2.87. The molecule has 4 aromatic rings. The fourth-order valence-corrected chi connectivity index (χ4v) is 3.83. The van der Waals surface area contributed by atoms with E-state index >= 15 is 0 Å². The number of aromatic nitrogens is 1. The maximum absolute atomic E-state index is 12.4. The van der Waals surface area contributed by atoms with Gasteiger partial charge in [0.2, 0.25) is 0 Å². The summed E-state index contributed by atoms with van der Waals surface area (Å²) in [6.07, 6.45) is -4.76. The first-order valence-electron chi connectivity index (χ1n) is 9.26. The molecule has 1 aromatic heterocycles. The molecule has 0 radical (unpaired) electrons. The van der Waals surface area contributed by atoms with Crippen LogP contribution in [0.3, 0.4) is 0 Å². The quantitative estimate of drug-likeness (QED) is 0.330. The smallest absolute Gasteiger partial charge is 0.406 e. The Morgan fingerprint density at radius 1 is 0.906 bits per heavy atom. The third kappa shape index (κ3) is 5.46. The molecule has 9 heteroatoms. The second-order valence-electron chi connectivity index (χ2n) is 6.65. The van der Waals surface area contributed by atoms with Gasteiger partial charge in [0, 0.05) is 32.8 Å². The number of hydrogen-bond acceptors (Lipinski definition) is 4. The van der Waals surface area contributed by atoms with E-state index in [1.54, 1.807) is 36.4 Å². The van der Waals surface area contributed by atoms with Crippen LogP contribution in [0.1, 0.15) is 10.4 Å². The van der Waals surface area contributed by atoms with Crippen molar-refractivity contribution in [3.05, 3.63) is 88.8 Å². The van der Waals surface area contributed by atoms with Crippen LogP contribution in [0.5, 0.6) is 5.75 Å². The van der Waals surface area contributed by atoms with Gasteiger partial charge in [0.15, 0.2) is 0 Å². The Hall–Kier alpha value is -3.36. The number of nitrogens with zero attached hydrogens (tertiary/aromatic N) is 1. The second kappa shape index (κ2) is 9.02. The Morgan fingerprint density at radius 2 is 1.53 bits per heavy atom. The number of amides is 1. The molecule has 32 heavy (non-hydrogen) atoms. The van der Waals surface area contributed by atoms with E-state index in [1.165, 1.54) is 23.5 Å². The molecule has 0 aliphatic carbocycles. The summed E-state index contributed by atoms with van der Waals surface area (Å²) < 4.78 is 40.5. The molecule has 0 saturated heterocycles. The number of ether oxygens (including phenoxy) is 1. The minimum absolute atomic E-state index is 0.348. The van der Waals surface area contributed by atoms with E-state index in [-0.39, 0.29) is 11.7 Å². The SMILES string of the molecule is O=C(Nc1ccc(OC(F)(F)F)cc1)c1ccc(-c2nc(-c3ccc(Cl)cc3)cs2)cc1. The van der Waals surface area contributed by atoms with Gasteiger partial charge in [-0.15, -0.1) is 24.5 Å². The largest absolute Gasteiger partial charge is 0.573 e. The minimum atomic E-state index is -4.76. The van der Waals surface area contributed by atoms with E-state index in [2.05, 4.69) is 15.0 Å². The van der Waals surface area contributed by atoms with Gasteiger partial charge in [-0.25, -0.2) is 4.98 Å². The van der Waals surface area contributed by atoms with Gasteiger partial charge in [-0.2, -0.15) is 0 Å². The average molecular weight is 475 g/mol. The van der Waals surface area contributed by atoms with Crippen LogP contribution in [0.4, 0.5) is 18.9 Å². The maximum atomic E-state index is 12.4. The van der Waals surface area contributed by atoms with Crippen molar-refractivity contribution in [1.29, 1.82) is 0 Å². The fraction of sp³-hybridized carbons (Fsp3) is 0.0435. The molecule has 162 valence electrons. The normalized spacial score (nSPS) is 11.2. The standard InChI is InChI=1S/C23H14ClF3N2O2S/c24-17-7-5-14(6-8-17)20-13-32-22(29-20)16-3-1-15(2-4-16)21(30)28-18-9-11-19(12-10-18)31-23(25,26)27/h1-13H,(H,28,30). The first-order chi connectivity index (χ1) is 15.3. The third-order valence-electron chi connectivity index (χ3n) is 4.38. The summed E-state index contributed by atoms with van der Waals surface area (Å²) in [6, 6.07) is 19.2. The van der Waals surface area contributed by atoms with E-state index in [9.17, 15) is 18.0 Å². The summed E-state index contributed by atoms with van der Waals surface area (Å²) >= 11 is 7.41. The average Bonchev–Trinajstić information content (AvgIpc) is 3.25. The molecule has 0 saturated carbocycles. The molecule has 4 nitrogen and oxygen atoms in total. The Bertz CT molecular complexity index is 1220. The lowest BCUT2D eigenvalue weighted by Gasteiger charge is -2.10. The molecule has 3 aromatic carbocycles. The van der Waals surface area contributed by atoms with Gasteiger partial charge in [0.05, 0.1) is 5.69 Å². The third-order valence-corrected chi connectivity index (χ3v) is 5.53. The molecule has 1 heterocycles. The van der Waals surface area contributed by atoms with Gasteiger partial charge >= 0.3 is 6.36 Å². The van der Waals surface area contributed by atoms with Gasteiger partial charge < -0.3 is 10.1 Å². The van der Waals surface area contributed by atoms with Gasteiger partial charge in [-0.1, -0.05) is 35.9 Å². The predicted molar refractivity (Wildman–Crippen MR) is 119 cm³/mol. The van der Waals surface area contributed by atoms with Gasteiger partial charge in [0.1, 0.15) is 10.8 Å². The molecule has 0 atom stereocenters. The highest BCUT2D eigenvalue weighted by Crippen LogP contribution is 2.30. The molecular weight excluding hydrogens is 461 g/mol. The monoisotopic (exact) mass is 474 g/mol. The van der Waals surface area contributed by atoms with Crippen LogP contribution in [-0.4, -0.2) is 17.3 Å². The first-order valence-corrected chi connectivity index (χ1v) is 10.5. The lowest BCUT2D eigenvalue weighted by Crippen LogP contribution is -2.17. The lowest BCUT2D eigenvalue weighted by atomic mass is 10.1. The summed E-state index contributed by atoms with van der Waals surface area (Å²) in [6.45, 7) is 0. The van der Waals surface area contributed by atoms with E-state index < -0.39 is 6.36 Å². The lowest BCUT2D eigenvalue weighted by molar-refractivity contribution is -0.274. The first kappa shape index (κ1) is 21.9. The Labute approximate surface area is 190 Å². The molecule has 0 bridgehead atoms. The van der Waals surface area contributed by atoms with Crippen LogP contribution in [-0.2, 0) is 0 Å². The summed E-state index contributed by atoms with van der Waals surface area (Å²) in [5, 5.41) is 6.05. The summed E-state index contributed by atoms with van der Waals surface area (Å²) in [5.74, 6) is -0.747. The molecule has 0 fully saturated rings. The topological polar surface area (TPSA) is 51.2 Å². The number of nitrogens with one attached hydrogen (secondary N) is 1. The van der Waals surface area contributed by atoms with E-state index in [1.807, 2.05) is 17.5 Å². The molecule has 0 aliphatic heterocycles. The Kier molecular flexibility index (Phi) is 6.16. The number of rotatable bonds is 5. The van der Waals surface area contributed by atoms with Crippen molar-refractivity contribution in [1.82, 2.24) is 4.98 Å². The van der Waals surface area contributed by atoms with Crippen LogP contribution in [0.15, 0.2) is 78.2 Å². The zero-order valence-corrected chi connectivity index (χ0v) is 17.8. The van der Waals surface area contributed by atoms with Crippen LogP contribution in [0.2, 0.25) is 5.02 Å². The predicted octanol–water partition coefficient (Wildman–Crippen LogP) is 7.28. The zero-order chi connectivity index (χ0) is 22.7. The number of halogens is 4. The number of carbonyl (C=O) groups is 1. The highest BCUT2D eigenvalue weighted by atomic mass is 35.5. The van der Waals surface area contributed by atoms with Crippen molar-refractivity contribution in [2.24, 2.45) is 0 Å². The molecular formula is C23H14ClF3N2O2S. The Balaban J connectivity index is 1.42. The van der Waals surface area contributed by atoms with E-state index in [0.29, 0.717) is 16.3 Å². The van der Waals surface area contributed by atoms with Gasteiger partial charge in [0.25, 0.3) is 5.91 Å². The zero-order valence-electron chi connectivity index (χ0n) is 16.2. The molecule has 0 aliphatic rings. The number of hydrogen-bond donors (Lipinski definition) is 1. The highest BCUT2D eigenvalue weighted by Gasteiger charge is 2.30. The summed E-state index contributed by atoms with van der Waals surface area (Å²) in [7, 11) is 0. The maximum Gasteiger partial charge on any atom is 0.573 e. The van der Waals surface area contributed by atoms with Crippen molar-refractivity contribution >= 4 is 34.5 Å². The van der Waals surface area contributed by atoms with Crippen LogP contribution in [0, 0.1) is 0 Å². The molecule has 4 rings (SSSR count).